The molecule has 1 N–H and O–H groups in total. The van der Waals surface area contributed by atoms with Crippen molar-refractivity contribution in [3.05, 3.63) is 23.7 Å². The van der Waals surface area contributed by atoms with Gasteiger partial charge in [0.25, 0.3) is 0 Å². The lowest BCUT2D eigenvalue weighted by molar-refractivity contribution is -0.149. The van der Waals surface area contributed by atoms with Gasteiger partial charge in [0, 0.05) is 38.3 Å². The van der Waals surface area contributed by atoms with E-state index in [1.54, 1.807) is 6.26 Å². The molecule has 0 bridgehead atoms. The molecular formula is C14H22F3N3O. The second kappa shape index (κ2) is 7.29. The molecule has 0 unspecified atom stereocenters. The molecule has 1 aromatic rings. The maximum atomic E-state index is 12.3. The zero-order valence-corrected chi connectivity index (χ0v) is 12.2. The van der Waals surface area contributed by atoms with Gasteiger partial charge < -0.3 is 9.73 Å². The number of hydrogen-bond donors (Lipinski definition) is 1. The van der Waals surface area contributed by atoms with Crippen LogP contribution in [-0.4, -0.2) is 55.2 Å². The summed E-state index contributed by atoms with van der Waals surface area (Å²) >= 11 is 0. The van der Waals surface area contributed by atoms with E-state index in [0.29, 0.717) is 32.7 Å². The van der Waals surface area contributed by atoms with Crippen molar-refractivity contribution in [2.75, 3.05) is 39.3 Å². The first-order chi connectivity index (χ1) is 9.98. The van der Waals surface area contributed by atoms with Crippen molar-refractivity contribution in [1.29, 1.82) is 0 Å². The van der Waals surface area contributed by atoms with E-state index in [2.05, 4.69) is 10.2 Å². The molecular weight excluding hydrogens is 283 g/mol. The van der Waals surface area contributed by atoms with E-state index >= 15 is 0 Å². The summed E-state index contributed by atoms with van der Waals surface area (Å²) in [6.07, 6.45) is -2.44. The van der Waals surface area contributed by atoms with E-state index in [9.17, 15) is 13.2 Å². The Balaban J connectivity index is 1.79. The van der Waals surface area contributed by atoms with E-state index in [-0.39, 0.29) is 0 Å². The smallest absolute Gasteiger partial charge is 0.401 e. The lowest BCUT2D eigenvalue weighted by atomic mass is 10.2. The maximum Gasteiger partial charge on any atom is 0.401 e. The van der Waals surface area contributed by atoms with Gasteiger partial charge in [-0.25, -0.2) is 0 Å². The molecule has 0 amide bonds. The molecule has 1 aliphatic heterocycles. The molecule has 0 aromatic carbocycles. The van der Waals surface area contributed by atoms with E-state index in [0.717, 1.165) is 24.4 Å². The predicted octanol–water partition coefficient (Wildman–Crippen LogP) is 2.07. The summed E-state index contributed by atoms with van der Waals surface area (Å²) in [5.74, 6) is 0.903. The van der Waals surface area contributed by atoms with Crippen LogP contribution >= 0.6 is 0 Å². The number of halogens is 3. The molecule has 1 aromatic heterocycles. The van der Waals surface area contributed by atoms with Gasteiger partial charge in [-0.1, -0.05) is 6.92 Å². The Bertz CT molecular complexity index is 425. The van der Waals surface area contributed by atoms with Crippen LogP contribution in [0.5, 0.6) is 0 Å². The molecule has 0 radical (unpaired) electrons. The van der Waals surface area contributed by atoms with Crippen molar-refractivity contribution in [3.63, 3.8) is 0 Å². The standard InChI is InChI=1S/C14H22F3N3O/c1-2-18-9-12-3-8-21-13(12)10-19-4-6-20(7-5-19)11-14(15,16)17/h3,8,18H,2,4-7,9-11H2,1H3. The van der Waals surface area contributed by atoms with E-state index in [4.69, 9.17) is 4.42 Å². The molecule has 2 heterocycles. The Morgan fingerprint density at radius 2 is 1.86 bits per heavy atom. The minimum absolute atomic E-state index is 0.447. The largest absolute Gasteiger partial charge is 0.468 e. The van der Waals surface area contributed by atoms with Crippen LogP contribution in [-0.2, 0) is 13.1 Å². The summed E-state index contributed by atoms with van der Waals surface area (Å²) in [7, 11) is 0. The minimum Gasteiger partial charge on any atom is -0.468 e. The molecule has 2 rings (SSSR count). The highest BCUT2D eigenvalue weighted by atomic mass is 19.4. The van der Waals surface area contributed by atoms with Crippen molar-refractivity contribution >= 4 is 0 Å². The Morgan fingerprint density at radius 3 is 2.48 bits per heavy atom. The number of nitrogens with zero attached hydrogens (tertiary/aromatic N) is 2. The molecule has 1 aliphatic rings. The van der Waals surface area contributed by atoms with Gasteiger partial charge >= 0.3 is 6.18 Å². The Hall–Kier alpha value is -1.05. The fourth-order valence-corrected chi connectivity index (χ4v) is 2.49. The first-order valence-electron chi connectivity index (χ1n) is 7.25. The van der Waals surface area contributed by atoms with Crippen molar-refractivity contribution in [1.82, 2.24) is 15.1 Å². The van der Waals surface area contributed by atoms with Crippen LogP contribution < -0.4 is 5.32 Å². The Morgan fingerprint density at radius 1 is 1.19 bits per heavy atom. The zero-order valence-electron chi connectivity index (χ0n) is 12.2. The summed E-state index contributed by atoms with van der Waals surface area (Å²) in [6, 6.07) is 1.94. The minimum atomic E-state index is -4.11. The first kappa shape index (κ1) is 16.3. The van der Waals surface area contributed by atoms with Gasteiger partial charge in [0.15, 0.2) is 0 Å². The molecule has 0 atom stereocenters. The fourth-order valence-electron chi connectivity index (χ4n) is 2.49. The number of alkyl halides is 3. The third-order valence-corrected chi connectivity index (χ3v) is 3.64. The lowest BCUT2D eigenvalue weighted by Crippen LogP contribution is -2.48. The highest BCUT2D eigenvalue weighted by molar-refractivity contribution is 5.16. The number of furan rings is 1. The van der Waals surface area contributed by atoms with E-state index < -0.39 is 12.7 Å². The molecule has 0 saturated carbocycles. The molecule has 4 nitrogen and oxygen atoms in total. The van der Waals surface area contributed by atoms with E-state index in [1.807, 2.05) is 13.0 Å². The van der Waals surface area contributed by atoms with Crippen LogP contribution in [0.1, 0.15) is 18.2 Å². The van der Waals surface area contributed by atoms with Crippen LogP contribution in [0.3, 0.4) is 0 Å². The maximum absolute atomic E-state index is 12.3. The summed E-state index contributed by atoms with van der Waals surface area (Å²) in [6.45, 7) is 5.71. The van der Waals surface area contributed by atoms with Crippen LogP contribution in [0.2, 0.25) is 0 Å². The van der Waals surface area contributed by atoms with Crippen LogP contribution in [0, 0.1) is 0 Å². The van der Waals surface area contributed by atoms with Gasteiger partial charge in [0.1, 0.15) is 5.76 Å². The molecule has 120 valence electrons. The second-order valence-corrected chi connectivity index (χ2v) is 5.32. The molecule has 1 fully saturated rings. The normalized spacial score (nSPS) is 18.3. The first-order valence-corrected chi connectivity index (χ1v) is 7.25. The van der Waals surface area contributed by atoms with Gasteiger partial charge in [0.05, 0.1) is 19.4 Å². The molecule has 7 heteroatoms. The van der Waals surface area contributed by atoms with Gasteiger partial charge in [-0.3, -0.25) is 9.80 Å². The van der Waals surface area contributed by atoms with Crippen molar-refractivity contribution in [2.45, 2.75) is 26.2 Å². The van der Waals surface area contributed by atoms with Gasteiger partial charge in [0.2, 0.25) is 0 Å². The summed E-state index contributed by atoms with van der Waals surface area (Å²) in [4.78, 5) is 3.60. The molecule has 0 spiro atoms. The third kappa shape index (κ3) is 5.33. The highest BCUT2D eigenvalue weighted by Crippen LogP contribution is 2.19. The SMILES string of the molecule is CCNCc1ccoc1CN1CCN(CC(F)(F)F)CC1. The number of piperazine rings is 1. The second-order valence-electron chi connectivity index (χ2n) is 5.32. The van der Waals surface area contributed by atoms with Gasteiger partial charge in [-0.2, -0.15) is 13.2 Å². The highest BCUT2D eigenvalue weighted by Gasteiger charge is 2.32. The average molecular weight is 305 g/mol. The third-order valence-electron chi connectivity index (χ3n) is 3.64. The van der Waals surface area contributed by atoms with Crippen LogP contribution in [0.4, 0.5) is 13.2 Å². The molecule has 0 aliphatic carbocycles. The van der Waals surface area contributed by atoms with E-state index in [1.165, 1.54) is 4.90 Å². The zero-order chi connectivity index (χ0) is 15.3. The molecule has 21 heavy (non-hydrogen) atoms. The monoisotopic (exact) mass is 305 g/mol. The Labute approximate surface area is 122 Å². The van der Waals surface area contributed by atoms with Crippen molar-refractivity contribution in [3.8, 4) is 0 Å². The summed E-state index contributed by atoms with van der Waals surface area (Å²) in [5, 5.41) is 3.25. The quantitative estimate of drug-likeness (QED) is 0.872. The fraction of sp³-hybridized carbons (Fsp3) is 0.714. The lowest BCUT2D eigenvalue weighted by Gasteiger charge is -2.34. The summed E-state index contributed by atoms with van der Waals surface area (Å²) in [5.41, 5.74) is 1.12. The van der Waals surface area contributed by atoms with Gasteiger partial charge in [-0.05, 0) is 12.6 Å². The van der Waals surface area contributed by atoms with Gasteiger partial charge in [-0.15, -0.1) is 0 Å². The van der Waals surface area contributed by atoms with Crippen molar-refractivity contribution < 1.29 is 17.6 Å². The summed E-state index contributed by atoms with van der Waals surface area (Å²) < 4.78 is 42.5. The number of hydrogen-bond acceptors (Lipinski definition) is 4. The Kier molecular flexibility index (Phi) is 5.66. The van der Waals surface area contributed by atoms with Crippen LogP contribution in [0.15, 0.2) is 16.7 Å². The van der Waals surface area contributed by atoms with Crippen molar-refractivity contribution in [2.24, 2.45) is 0 Å². The number of nitrogens with one attached hydrogen (secondary N) is 1. The average Bonchev–Trinajstić information content (AvgIpc) is 2.84. The topological polar surface area (TPSA) is 31.7 Å². The number of rotatable bonds is 6. The molecule has 1 saturated heterocycles. The van der Waals surface area contributed by atoms with Crippen LogP contribution in [0.25, 0.3) is 0 Å². The predicted molar refractivity (Wildman–Crippen MR) is 73.9 cm³/mol.